The van der Waals surface area contributed by atoms with Crippen LogP contribution in [0.3, 0.4) is 0 Å². The van der Waals surface area contributed by atoms with Gasteiger partial charge in [0.15, 0.2) is 0 Å². The highest BCUT2D eigenvalue weighted by molar-refractivity contribution is 6.30. The van der Waals surface area contributed by atoms with Crippen molar-refractivity contribution in [3.63, 3.8) is 0 Å². The molecule has 0 bridgehead atoms. The van der Waals surface area contributed by atoms with Crippen LogP contribution in [-0.4, -0.2) is 51.3 Å². The monoisotopic (exact) mass is 458 g/mol. The van der Waals surface area contributed by atoms with Crippen molar-refractivity contribution in [2.24, 2.45) is 0 Å². The molecule has 1 saturated heterocycles. The molecule has 6 heteroatoms. The number of carbonyl (C=O) groups is 1. The lowest BCUT2D eigenvalue weighted by molar-refractivity contribution is -0.133. The summed E-state index contributed by atoms with van der Waals surface area (Å²) in [7, 11) is 0. The fourth-order valence-corrected chi connectivity index (χ4v) is 4.77. The summed E-state index contributed by atoms with van der Waals surface area (Å²) in [5.41, 5.74) is 4.23. The number of aromatic nitrogens is 2. The molecule has 5 rings (SSSR count). The number of halogens is 1. The number of imidazole rings is 1. The first-order valence-electron chi connectivity index (χ1n) is 11.4. The molecule has 1 aliphatic heterocycles. The quantitative estimate of drug-likeness (QED) is 0.414. The van der Waals surface area contributed by atoms with Gasteiger partial charge < -0.3 is 9.30 Å². The molecule has 0 saturated carbocycles. The molecule has 33 heavy (non-hydrogen) atoms. The highest BCUT2D eigenvalue weighted by Gasteiger charge is 2.27. The first kappa shape index (κ1) is 21.7. The Morgan fingerprint density at radius 1 is 0.909 bits per heavy atom. The Bertz CT molecular complexity index is 1220. The van der Waals surface area contributed by atoms with Crippen molar-refractivity contribution in [1.29, 1.82) is 0 Å². The summed E-state index contributed by atoms with van der Waals surface area (Å²) < 4.78 is 2.01. The van der Waals surface area contributed by atoms with Crippen molar-refractivity contribution in [3.8, 4) is 0 Å². The van der Waals surface area contributed by atoms with Crippen LogP contribution in [0.4, 0.5) is 0 Å². The van der Waals surface area contributed by atoms with Gasteiger partial charge in [-0.05, 0) is 23.3 Å². The van der Waals surface area contributed by atoms with Crippen LogP contribution >= 0.6 is 11.6 Å². The lowest BCUT2D eigenvalue weighted by atomic mass is 9.92. The van der Waals surface area contributed by atoms with Gasteiger partial charge in [-0.25, -0.2) is 4.98 Å². The summed E-state index contributed by atoms with van der Waals surface area (Å²) in [5.74, 6) is 0.0923. The van der Waals surface area contributed by atoms with Crippen molar-refractivity contribution < 1.29 is 4.79 Å². The van der Waals surface area contributed by atoms with E-state index in [0.29, 0.717) is 11.4 Å². The van der Waals surface area contributed by atoms with Crippen LogP contribution in [0.15, 0.2) is 85.2 Å². The number of carbonyl (C=O) groups excluding carboxylic acids is 1. The molecule has 0 aliphatic carbocycles. The van der Waals surface area contributed by atoms with Crippen LogP contribution < -0.4 is 0 Å². The molecule has 4 aromatic rings. The zero-order valence-electron chi connectivity index (χ0n) is 18.5. The molecular formula is C27H27ClN4O. The summed E-state index contributed by atoms with van der Waals surface area (Å²) in [6, 6.07) is 24.5. The molecule has 1 unspecified atom stereocenters. The predicted molar refractivity (Wildman–Crippen MR) is 131 cm³/mol. The first-order chi connectivity index (χ1) is 16.2. The molecule has 0 N–H and O–H groups in total. The molecule has 5 nitrogen and oxygen atoms in total. The molecule has 168 valence electrons. The van der Waals surface area contributed by atoms with E-state index in [-0.39, 0.29) is 11.8 Å². The van der Waals surface area contributed by atoms with E-state index in [1.54, 1.807) is 0 Å². The van der Waals surface area contributed by atoms with Crippen LogP contribution in [0.5, 0.6) is 0 Å². The topological polar surface area (TPSA) is 40.9 Å². The minimum Gasteiger partial charge on any atom is -0.340 e. The van der Waals surface area contributed by atoms with Crippen molar-refractivity contribution >= 4 is 23.2 Å². The van der Waals surface area contributed by atoms with E-state index in [9.17, 15) is 4.79 Å². The molecule has 1 atom stereocenters. The first-order valence-corrected chi connectivity index (χ1v) is 11.8. The van der Waals surface area contributed by atoms with Crippen LogP contribution in [0.2, 0.25) is 5.02 Å². The Morgan fingerprint density at radius 3 is 2.33 bits per heavy atom. The fourth-order valence-electron chi connectivity index (χ4n) is 4.61. The van der Waals surface area contributed by atoms with Crippen LogP contribution in [0.25, 0.3) is 5.65 Å². The maximum Gasteiger partial charge on any atom is 0.223 e. The number of nitrogens with zero attached hydrogens (tertiary/aromatic N) is 4. The molecule has 2 aromatic carbocycles. The number of pyridine rings is 1. The minimum atomic E-state index is -0.0884. The Balaban J connectivity index is 1.31. The normalized spacial score (nSPS) is 15.6. The van der Waals surface area contributed by atoms with E-state index in [1.165, 1.54) is 5.56 Å². The zero-order chi connectivity index (χ0) is 22.6. The number of piperazine rings is 1. The molecule has 0 radical (unpaired) electrons. The van der Waals surface area contributed by atoms with Gasteiger partial charge in [-0.3, -0.25) is 9.69 Å². The van der Waals surface area contributed by atoms with E-state index in [4.69, 9.17) is 11.6 Å². The SMILES string of the molecule is O=C(CC(c1ccccc1)c1cnc2ccc(Cl)cn12)N1CCN(Cc2ccccc2)CC1. The van der Waals surface area contributed by atoms with Gasteiger partial charge in [0.2, 0.25) is 5.91 Å². The zero-order valence-corrected chi connectivity index (χ0v) is 19.2. The standard InChI is InChI=1S/C27H27ClN4O/c28-23-11-12-26-29-18-25(32(26)20-23)24(22-9-5-2-6-10-22)17-27(33)31-15-13-30(14-16-31)19-21-7-3-1-4-8-21/h1-12,18,20,24H,13-17,19H2. The predicted octanol–water partition coefficient (Wildman–Crippen LogP) is 4.85. The Kier molecular flexibility index (Phi) is 6.42. The molecular weight excluding hydrogens is 432 g/mol. The summed E-state index contributed by atoms with van der Waals surface area (Å²) in [5, 5.41) is 0.648. The van der Waals surface area contributed by atoms with E-state index in [0.717, 1.165) is 49.6 Å². The van der Waals surface area contributed by atoms with Gasteiger partial charge >= 0.3 is 0 Å². The van der Waals surface area contributed by atoms with Crippen molar-refractivity contribution in [2.75, 3.05) is 26.2 Å². The summed E-state index contributed by atoms with van der Waals surface area (Å²) in [4.78, 5) is 22.4. The lowest BCUT2D eigenvalue weighted by Gasteiger charge is -2.35. The second-order valence-corrected chi connectivity index (χ2v) is 9.00. The molecule has 1 aliphatic rings. The molecule has 2 aromatic heterocycles. The summed E-state index contributed by atoms with van der Waals surface area (Å²) >= 11 is 6.27. The van der Waals surface area contributed by atoms with E-state index in [1.807, 2.05) is 58.1 Å². The van der Waals surface area contributed by atoms with Gasteiger partial charge in [0, 0.05) is 57.5 Å². The van der Waals surface area contributed by atoms with Gasteiger partial charge in [0.25, 0.3) is 0 Å². The maximum absolute atomic E-state index is 13.4. The minimum absolute atomic E-state index is 0.0884. The van der Waals surface area contributed by atoms with Crippen molar-refractivity contribution in [3.05, 3.63) is 107 Å². The average molecular weight is 459 g/mol. The smallest absolute Gasteiger partial charge is 0.223 e. The molecule has 3 heterocycles. The molecule has 0 spiro atoms. The second-order valence-electron chi connectivity index (χ2n) is 8.57. The third kappa shape index (κ3) is 4.95. The second kappa shape index (κ2) is 9.77. The Morgan fingerprint density at radius 2 is 1.61 bits per heavy atom. The summed E-state index contributed by atoms with van der Waals surface area (Å²) in [6.07, 6.45) is 4.15. The number of fused-ring (bicyclic) bond motifs is 1. The number of rotatable bonds is 6. The number of benzene rings is 2. The van der Waals surface area contributed by atoms with Gasteiger partial charge in [0.1, 0.15) is 5.65 Å². The maximum atomic E-state index is 13.4. The fraction of sp³-hybridized carbons (Fsp3) is 0.259. The van der Waals surface area contributed by atoms with Crippen LogP contribution in [-0.2, 0) is 11.3 Å². The van der Waals surface area contributed by atoms with E-state index >= 15 is 0 Å². The van der Waals surface area contributed by atoms with Crippen LogP contribution in [0.1, 0.15) is 29.2 Å². The number of amides is 1. The van der Waals surface area contributed by atoms with E-state index < -0.39 is 0 Å². The summed E-state index contributed by atoms with van der Waals surface area (Å²) in [6.45, 7) is 4.22. The van der Waals surface area contributed by atoms with Crippen molar-refractivity contribution in [1.82, 2.24) is 19.2 Å². The van der Waals surface area contributed by atoms with Crippen molar-refractivity contribution in [2.45, 2.75) is 18.9 Å². The largest absolute Gasteiger partial charge is 0.340 e. The number of hydrogen-bond donors (Lipinski definition) is 0. The number of hydrogen-bond acceptors (Lipinski definition) is 3. The molecule has 1 amide bonds. The van der Waals surface area contributed by atoms with E-state index in [2.05, 4.69) is 46.3 Å². The van der Waals surface area contributed by atoms with Gasteiger partial charge in [-0.2, -0.15) is 0 Å². The van der Waals surface area contributed by atoms with Gasteiger partial charge in [0.05, 0.1) is 10.7 Å². The molecule has 1 fully saturated rings. The third-order valence-electron chi connectivity index (χ3n) is 6.41. The average Bonchev–Trinajstić information content (AvgIpc) is 3.27. The third-order valence-corrected chi connectivity index (χ3v) is 6.63. The highest BCUT2D eigenvalue weighted by atomic mass is 35.5. The van der Waals surface area contributed by atoms with Gasteiger partial charge in [-0.1, -0.05) is 72.3 Å². The van der Waals surface area contributed by atoms with Crippen LogP contribution in [0, 0.1) is 0 Å². The Labute approximate surface area is 199 Å². The Hall–Kier alpha value is -3.15. The lowest BCUT2D eigenvalue weighted by Crippen LogP contribution is -2.48. The van der Waals surface area contributed by atoms with Gasteiger partial charge in [-0.15, -0.1) is 0 Å². The highest BCUT2D eigenvalue weighted by Crippen LogP contribution is 2.30.